The second-order valence-corrected chi connectivity index (χ2v) is 5.33. The van der Waals surface area contributed by atoms with Crippen LogP contribution in [0.1, 0.15) is 16.7 Å². The van der Waals surface area contributed by atoms with Crippen LogP contribution < -0.4 is 9.47 Å². The highest BCUT2D eigenvalue weighted by Gasteiger charge is 2.06. The molecule has 0 bridgehead atoms. The molecule has 0 fully saturated rings. The van der Waals surface area contributed by atoms with Crippen molar-refractivity contribution < 1.29 is 9.47 Å². The molecule has 0 aliphatic heterocycles. The second kappa shape index (κ2) is 7.50. The fraction of sp³-hybridized carbons (Fsp3) is 0.0952. The minimum absolute atomic E-state index is 0.506. The van der Waals surface area contributed by atoms with E-state index in [2.05, 4.69) is 6.92 Å². The van der Waals surface area contributed by atoms with Crippen LogP contribution in [0.5, 0.6) is 11.5 Å². The van der Waals surface area contributed by atoms with Crippen molar-refractivity contribution in [1.82, 2.24) is 0 Å². The Morgan fingerprint density at radius 2 is 1.13 bits per heavy atom. The molecule has 0 atom stereocenters. The molecule has 0 aliphatic rings. The van der Waals surface area contributed by atoms with Gasteiger partial charge in [0, 0.05) is 0 Å². The minimum atomic E-state index is 0.506. The third-order valence-corrected chi connectivity index (χ3v) is 3.48. The Morgan fingerprint density at radius 1 is 0.609 bits per heavy atom. The fourth-order valence-corrected chi connectivity index (χ4v) is 2.26. The predicted octanol–water partition coefficient (Wildman–Crippen LogP) is 5.03. The Hall–Kier alpha value is -2.74. The summed E-state index contributed by atoms with van der Waals surface area (Å²) in [7, 11) is 0. The van der Waals surface area contributed by atoms with Gasteiger partial charge in [-0.1, -0.05) is 66.7 Å². The van der Waals surface area contributed by atoms with E-state index in [9.17, 15) is 0 Å². The van der Waals surface area contributed by atoms with Gasteiger partial charge in [-0.15, -0.1) is 0 Å². The molecule has 3 aromatic carbocycles. The smallest absolute Gasteiger partial charge is 0.161 e. The highest BCUT2D eigenvalue weighted by atomic mass is 16.5. The number of rotatable bonds is 6. The first kappa shape index (κ1) is 15.2. The monoisotopic (exact) mass is 303 g/mol. The van der Waals surface area contributed by atoms with Crippen molar-refractivity contribution in [3.63, 3.8) is 0 Å². The summed E-state index contributed by atoms with van der Waals surface area (Å²) in [6.07, 6.45) is 0. The second-order valence-electron chi connectivity index (χ2n) is 5.33. The summed E-state index contributed by atoms with van der Waals surface area (Å²) in [5.74, 6) is 1.45. The maximum absolute atomic E-state index is 5.93. The number of hydrogen-bond acceptors (Lipinski definition) is 2. The van der Waals surface area contributed by atoms with E-state index in [1.165, 1.54) is 0 Å². The van der Waals surface area contributed by atoms with Gasteiger partial charge in [-0.2, -0.15) is 0 Å². The average Bonchev–Trinajstić information content (AvgIpc) is 2.61. The van der Waals surface area contributed by atoms with E-state index in [0.29, 0.717) is 13.2 Å². The largest absolute Gasteiger partial charge is 0.485 e. The Bertz CT molecular complexity index is 736. The van der Waals surface area contributed by atoms with Crippen LogP contribution in [0, 0.1) is 6.92 Å². The van der Waals surface area contributed by atoms with Gasteiger partial charge in [0.1, 0.15) is 13.2 Å². The molecule has 0 spiro atoms. The standard InChI is InChI=1S/C21H19O2/c1-17-12-13-20(22-15-18-8-4-2-5-9-18)21(14-17)23-16-19-10-6-3-7-11-19/h2-14H,1,15-16H2. The highest BCUT2D eigenvalue weighted by Crippen LogP contribution is 2.29. The van der Waals surface area contributed by atoms with Crippen LogP contribution in [0.15, 0.2) is 78.9 Å². The van der Waals surface area contributed by atoms with Crippen LogP contribution in [0.4, 0.5) is 0 Å². The fourth-order valence-electron chi connectivity index (χ4n) is 2.26. The number of ether oxygens (including phenoxy) is 2. The zero-order valence-corrected chi connectivity index (χ0v) is 12.9. The van der Waals surface area contributed by atoms with E-state index >= 15 is 0 Å². The van der Waals surface area contributed by atoms with Gasteiger partial charge in [-0.3, -0.25) is 0 Å². The summed E-state index contributed by atoms with van der Waals surface area (Å²) >= 11 is 0. The lowest BCUT2D eigenvalue weighted by atomic mass is 10.2. The molecule has 2 heteroatoms. The molecule has 115 valence electrons. The number of benzene rings is 3. The van der Waals surface area contributed by atoms with Crippen LogP contribution in [0.2, 0.25) is 0 Å². The van der Waals surface area contributed by atoms with Crippen molar-refractivity contribution in [3.05, 3.63) is 102 Å². The normalized spacial score (nSPS) is 10.3. The van der Waals surface area contributed by atoms with Crippen molar-refractivity contribution >= 4 is 0 Å². The van der Waals surface area contributed by atoms with Gasteiger partial charge in [0.2, 0.25) is 0 Å². The van der Waals surface area contributed by atoms with E-state index < -0.39 is 0 Å². The molecule has 0 saturated heterocycles. The van der Waals surface area contributed by atoms with Crippen LogP contribution >= 0.6 is 0 Å². The van der Waals surface area contributed by atoms with Crippen LogP contribution in [-0.4, -0.2) is 0 Å². The Kier molecular flexibility index (Phi) is 4.95. The SMILES string of the molecule is [CH2]c1ccc(OCc2ccccc2)c(OCc2ccccc2)c1. The topological polar surface area (TPSA) is 18.5 Å². The Balaban J connectivity index is 1.70. The first-order valence-corrected chi connectivity index (χ1v) is 7.61. The predicted molar refractivity (Wildman–Crippen MR) is 92.4 cm³/mol. The van der Waals surface area contributed by atoms with E-state index in [0.717, 1.165) is 28.2 Å². The lowest BCUT2D eigenvalue weighted by Crippen LogP contribution is -2.00. The molecular weight excluding hydrogens is 284 g/mol. The summed E-state index contributed by atoms with van der Waals surface area (Å²) in [4.78, 5) is 0. The van der Waals surface area contributed by atoms with Gasteiger partial charge in [-0.05, 0) is 35.7 Å². The minimum Gasteiger partial charge on any atom is -0.485 e. The summed E-state index contributed by atoms with van der Waals surface area (Å²) in [5.41, 5.74) is 3.15. The zero-order chi connectivity index (χ0) is 15.9. The van der Waals surface area contributed by atoms with Crippen molar-refractivity contribution in [2.45, 2.75) is 13.2 Å². The van der Waals surface area contributed by atoms with E-state index in [-0.39, 0.29) is 0 Å². The molecule has 3 aromatic rings. The van der Waals surface area contributed by atoms with Gasteiger partial charge >= 0.3 is 0 Å². The third-order valence-electron chi connectivity index (χ3n) is 3.48. The molecular formula is C21H19O2. The molecule has 0 aliphatic carbocycles. The van der Waals surface area contributed by atoms with Crippen LogP contribution in [0.3, 0.4) is 0 Å². The average molecular weight is 303 g/mol. The molecule has 0 saturated carbocycles. The molecule has 0 heterocycles. The molecule has 0 unspecified atom stereocenters. The highest BCUT2D eigenvalue weighted by molar-refractivity contribution is 5.44. The number of hydrogen-bond donors (Lipinski definition) is 0. The van der Waals surface area contributed by atoms with Gasteiger partial charge in [0.15, 0.2) is 11.5 Å². The molecule has 2 nitrogen and oxygen atoms in total. The summed E-state index contributed by atoms with van der Waals surface area (Å²) < 4.78 is 11.8. The van der Waals surface area contributed by atoms with Gasteiger partial charge in [0.05, 0.1) is 0 Å². The molecule has 0 aromatic heterocycles. The lowest BCUT2D eigenvalue weighted by Gasteiger charge is -2.13. The van der Waals surface area contributed by atoms with Crippen LogP contribution in [0.25, 0.3) is 0 Å². The molecule has 23 heavy (non-hydrogen) atoms. The lowest BCUT2D eigenvalue weighted by molar-refractivity contribution is 0.256. The van der Waals surface area contributed by atoms with Crippen molar-refractivity contribution in [2.24, 2.45) is 0 Å². The van der Waals surface area contributed by atoms with Crippen LogP contribution in [-0.2, 0) is 13.2 Å². The summed E-state index contributed by atoms with van der Waals surface area (Å²) in [6, 6.07) is 25.9. The molecule has 1 radical (unpaired) electrons. The maximum atomic E-state index is 5.93. The summed E-state index contributed by atoms with van der Waals surface area (Å²) in [5, 5.41) is 0. The maximum Gasteiger partial charge on any atom is 0.161 e. The molecule has 0 N–H and O–H groups in total. The van der Waals surface area contributed by atoms with Gasteiger partial charge < -0.3 is 9.47 Å². The van der Waals surface area contributed by atoms with E-state index in [1.807, 2.05) is 78.9 Å². The first-order chi connectivity index (χ1) is 11.3. The Labute approximate surface area is 137 Å². The van der Waals surface area contributed by atoms with Crippen molar-refractivity contribution in [3.8, 4) is 11.5 Å². The zero-order valence-electron chi connectivity index (χ0n) is 12.9. The van der Waals surface area contributed by atoms with E-state index in [1.54, 1.807) is 0 Å². The van der Waals surface area contributed by atoms with Crippen molar-refractivity contribution in [1.29, 1.82) is 0 Å². The Morgan fingerprint density at radius 3 is 1.70 bits per heavy atom. The van der Waals surface area contributed by atoms with Gasteiger partial charge in [0.25, 0.3) is 0 Å². The van der Waals surface area contributed by atoms with Gasteiger partial charge in [-0.25, -0.2) is 0 Å². The summed E-state index contributed by atoms with van der Waals surface area (Å²) in [6.45, 7) is 4.98. The first-order valence-electron chi connectivity index (χ1n) is 7.61. The quantitative estimate of drug-likeness (QED) is 0.636. The third kappa shape index (κ3) is 4.36. The molecule has 3 rings (SSSR count). The molecule has 0 amide bonds. The van der Waals surface area contributed by atoms with E-state index in [4.69, 9.17) is 9.47 Å². The van der Waals surface area contributed by atoms with Crippen molar-refractivity contribution in [2.75, 3.05) is 0 Å².